The second kappa shape index (κ2) is 10.3. The number of aromatic amines is 1. The summed E-state index contributed by atoms with van der Waals surface area (Å²) in [7, 11) is 0. The number of halogens is 1. The Labute approximate surface area is 213 Å². The minimum Gasteiger partial charge on any atom is -0.379 e. The van der Waals surface area contributed by atoms with Crippen molar-refractivity contribution in [3.05, 3.63) is 59.4 Å². The van der Waals surface area contributed by atoms with Gasteiger partial charge in [0.1, 0.15) is 17.4 Å². The summed E-state index contributed by atoms with van der Waals surface area (Å²) >= 11 is 6.29. The van der Waals surface area contributed by atoms with E-state index in [1.54, 1.807) is 11.0 Å². The first-order valence-corrected chi connectivity index (χ1v) is 12.4. The Morgan fingerprint density at radius 3 is 2.86 bits per heavy atom. The predicted molar refractivity (Wildman–Crippen MR) is 137 cm³/mol. The number of rotatable bonds is 7. The van der Waals surface area contributed by atoms with Crippen LogP contribution in [-0.2, 0) is 4.74 Å². The van der Waals surface area contributed by atoms with E-state index in [1.165, 1.54) is 0 Å². The highest BCUT2D eigenvalue weighted by atomic mass is 35.5. The molecule has 186 valence electrons. The molecular formula is C24H27ClN10O. The lowest BCUT2D eigenvalue weighted by Gasteiger charge is -2.31. The van der Waals surface area contributed by atoms with Crippen LogP contribution in [0.25, 0.3) is 22.8 Å². The van der Waals surface area contributed by atoms with Crippen molar-refractivity contribution in [2.75, 3.05) is 44.7 Å². The number of hydrogen-bond acceptors (Lipinski definition) is 9. The number of aromatic nitrogens is 7. The molecule has 2 fully saturated rings. The first-order valence-electron chi connectivity index (χ1n) is 12.1. The number of nitrogens with one attached hydrogen (secondary N) is 2. The van der Waals surface area contributed by atoms with Crippen molar-refractivity contribution in [3.8, 4) is 5.69 Å². The van der Waals surface area contributed by atoms with Crippen molar-refractivity contribution < 1.29 is 4.74 Å². The number of H-pyrrole nitrogens is 1. The molecule has 2 aromatic carbocycles. The van der Waals surface area contributed by atoms with E-state index in [9.17, 15) is 0 Å². The number of ether oxygens (including phenoxy) is 1. The van der Waals surface area contributed by atoms with Crippen molar-refractivity contribution in [1.29, 1.82) is 0 Å². The van der Waals surface area contributed by atoms with Crippen LogP contribution < -0.4 is 5.32 Å². The zero-order valence-electron chi connectivity index (χ0n) is 19.7. The Morgan fingerprint density at radius 1 is 1.11 bits per heavy atom. The van der Waals surface area contributed by atoms with Crippen molar-refractivity contribution in [2.45, 2.75) is 18.6 Å². The van der Waals surface area contributed by atoms with E-state index < -0.39 is 0 Å². The van der Waals surface area contributed by atoms with Crippen LogP contribution in [0.5, 0.6) is 0 Å². The monoisotopic (exact) mass is 506 g/mol. The summed E-state index contributed by atoms with van der Waals surface area (Å²) in [6, 6.07) is 12.3. The average molecular weight is 507 g/mol. The number of hydrogen-bond donors (Lipinski definition) is 2. The fourth-order valence-electron chi connectivity index (χ4n) is 5.02. The third-order valence-corrected chi connectivity index (χ3v) is 7.05. The van der Waals surface area contributed by atoms with Crippen molar-refractivity contribution in [3.63, 3.8) is 0 Å². The van der Waals surface area contributed by atoms with Crippen LogP contribution in [0, 0.1) is 0 Å². The molecule has 4 heterocycles. The van der Waals surface area contributed by atoms with Crippen molar-refractivity contribution >= 4 is 34.4 Å². The lowest BCUT2D eigenvalue weighted by Crippen LogP contribution is -2.44. The summed E-state index contributed by atoms with van der Waals surface area (Å²) in [5, 5.41) is 27.0. The highest BCUT2D eigenvalue weighted by Gasteiger charge is 2.35. The summed E-state index contributed by atoms with van der Waals surface area (Å²) in [5.41, 5.74) is 4.58. The molecule has 0 radical (unpaired) electrons. The first kappa shape index (κ1) is 23.0. The Morgan fingerprint density at radius 2 is 2.00 bits per heavy atom. The van der Waals surface area contributed by atoms with Crippen LogP contribution in [0.1, 0.15) is 12.0 Å². The summed E-state index contributed by atoms with van der Waals surface area (Å²) < 4.78 is 7.23. The van der Waals surface area contributed by atoms with Gasteiger partial charge in [-0.05, 0) is 53.2 Å². The number of nitrogens with zero attached hydrogens (tertiary/aromatic N) is 8. The second-order valence-electron chi connectivity index (χ2n) is 9.04. The molecule has 12 heteroatoms. The molecule has 2 aliphatic heterocycles. The third-order valence-electron chi connectivity index (χ3n) is 6.82. The topological polar surface area (TPSA) is 113 Å². The number of fused-ring (bicyclic) bond motifs is 1. The quantitative estimate of drug-likeness (QED) is 0.390. The van der Waals surface area contributed by atoms with E-state index in [1.807, 2.05) is 30.3 Å². The first-order chi connectivity index (χ1) is 17.7. The van der Waals surface area contributed by atoms with Crippen LogP contribution in [0.3, 0.4) is 0 Å². The number of tetrazole rings is 1. The van der Waals surface area contributed by atoms with Crippen LogP contribution in [0.2, 0.25) is 5.02 Å². The molecule has 2 aromatic heterocycles. The Kier molecular flexibility index (Phi) is 6.60. The molecule has 4 aromatic rings. The summed E-state index contributed by atoms with van der Waals surface area (Å²) in [4.78, 5) is 5.03. The molecule has 0 spiro atoms. The fourth-order valence-corrected chi connectivity index (χ4v) is 5.20. The fraction of sp³-hybridized carbons (Fsp3) is 0.375. The molecule has 6 rings (SSSR count). The Bertz CT molecular complexity index is 1330. The molecule has 0 bridgehead atoms. The van der Waals surface area contributed by atoms with Crippen LogP contribution in [0.4, 0.5) is 5.69 Å². The summed E-state index contributed by atoms with van der Waals surface area (Å²) in [5.74, 6) is 0. The van der Waals surface area contributed by atoms with Crippen LogP contribution in [-0.4, -0.2) is 97.0 Å². The molecule has 11 nitrogen and oxygen atoms in total. The van der Waals surface area contributed by atoms with Gasteiger partial charge in [0.2, 0.25) is 0 Å². The zero-order valence-corrected chi connectivity index (χ0v) is 20.4. The van der Waals surface area contributed by atoms with E-state index in [0.717, 1.165) is 73.8 Å². The van der Waals surface area contributed by atoms with E-state index in [4.69, 9.17) is 16.3 Å². The van der Waals surface area contributed by atoms with Gasteiger partial charge in [0.25, 0.3) is 0 Å². The highest BCUT2D eigenvalue weighted by molar-refractivity contribution is 6.30. The lowest BCUT2D eigenvalue weighted by molar-refractivity contribution is 0.0187. The van der Waals surface area contributed by atoms with Gasteiger partial charge in [0, 0.05) is 48.5 Å². The number of morpholine rings is 1. The molecular weight excluding hydrogens is 480 g/mol. The number of likely N-dealkylation sites (tertiary alicyclic amines) is 1. The van der Waals surface area contributed by atoms with Crippen LogP contribution >= 0.6 is 11.6 Å². The minimum atomic E-state index is 0.185. The van der Waals surface area contributed by atoms with E-state index in [0.29, 0.717) is 11.1 Å². The molecule has 2 N–H and O–H groups in total. The maximum Gasteiger partial charge on any atom is 0.143 e. The molecule has 2 atom stereocenters. The summed E-state index contributed by atoms with van der Waals surface area (Å²) in [6.07, 6.45) is 7.06. The molecule has 2 saturated heterocycles. The predicted octanol–water partition coefficient (Wildman–Crippen LogP) is 2.44. The van der Waals surface area contributed by atoms with Gasteiger partial charge in [0.15, 0.2) is 0 Å². The smallest absolute Gasteiger partial charge is 0.143 e. The maximum absolute atomic E-state index is 6.29. The van der Waals surface area contributed by atoms with Gasteiger partial charge < -0.3 is 10.1 Å². The standard InChI is InChI=1S/C24H27ClN10O/c25-18-3-6-23(35-16-26-30-32-35)17(12-18)2-1-7-34-15-20(33-8-10-36-11-9-33)14-24(34)27-19-4-5-21-22(13-19)29-31-28-21/h1-6,12-13,16,20,24,27H,7-11,14-15H2,(H,28,29,31)/b2-1+/t20-,24-/m0/s1. The van der Waals surface area contributed by atoms with E-state index in [-0.39, 0.29) is 6.17 Å². The van der Waals surface area contributed by atoms with Crippen molar-refractivity contribution in [1.82, 2.24) is 45.4 Å². The maximum atomic E-state index is 6.29. The SMILES string of the molecule is Clc1ccc(-n2cnnn2)c(/C=C/CN2C[C@@H](N3CCOCC3)C[C@H]2Nc2ccc3n[nH]nc3c2)c1. The molecule has 0 aliphatic carbocycles. The normalized spacial score (nSPS) is 21.6. The van der Waals surface area contributed by atoms with Crippen LogP contribution in [0.15, 0.2) is 48.8 Å². The van der Waals surface area contributed by atoms with Gasteiger partial charge >= 0.3 is 0 Å². The van der Waals surface area contributed by atoms with Gasteiger partial charge in [0.05, 0.1) is 25.1 Å². The van der Waals surface area contributed by atoms with E-state index >= 15 is 0 Å². The largest absolute Gasteiger partial charge is 0.379 e. The average Bonchev–Trinajstić information content (AvgIpc) is 3.66. The molecule has 2 aliphatic rings. The lowest BCUT2D eigenvalue weighted by atomic mass is 10.1. The molecule has 0 unspecified atom stereocenters. The minimum absolute atomic E-state index is 0.185. The van der Waals surface area contributed by atoms with Gasteiger partial charge in [-0.3, -0.25) is 9.80 Å². The highest BCUT2D eigenvalue weighted by Crippen LogP contribution is 2.26. The Balaban J connectivity index is 1.21. The van der Waals surface area contributed by atoms with Crippen molar-refractivity contribution in [2.24, 2.45) is 0 Å². The van der Waals surface area contributed by atoms with Gasteiger partial charge in [-0.25, -0.2) is 0 Å². The van der Waals surface area contributed by atoms with Gasteiger partial charge in [-0.15, -0.1) is 5.10 Å². The molecule has 0 amide bonds. The molecule has 0 saturated carbocycles. The zero-order chi connectivity index (χ0) is 24.3. The molecule has 36 heavy (non-hydrogen) atoms. The summed E-state index contributed by atoms with van der Waals surface area (Å²) in [6.45, 7) is 5.31. The van der Waals surface area contributed by atoms with Gasteiger partial charge in [-0.2, -0.15) is 20.1 Å². The Hall–Kier alpha value is -3.38. The second-order valence-corrected chi connectivity index (χ2v) is 9.48. The number of benzene rings is 2. The number of anilines is 1. The third kappa shape index (κ3) is 4.96. The van der Waals surface area contributed by atoms with E-state index in [2.05, 4.69) is 64.3 Å². The van der Waals surface area contributed by atoms with Gasteiger partial charge in [-0.1, -0.05) is 23.8 Å².